The van der Waals surface area contributed by atoms with Gasteiger partial charge in [-0.3, -0.25) is 0 Å². The number of ether oxygens (including phenoxy) is 2. The van der Waals surface area contributed by atoms with Gasteiger partial charge in [-0.1, -0.05) is 87.0 Å². The Balaban J connectivity index is 0.000000260. The Morgan fingerprint density at radius 1 is 0.556 bits per heavy atom. The molecule has 6 rings (SSSR count). The normalized spacial score (nSPS) is 14.5. The molecule has 6 nitrogen and oxygen atoms in total. The Kier molecular flexibility index (Phi) is 20.6. The maximum atomic E-state index is 14.3. The third-order valence-electron chi connectivity index (χ3n) is 10.1. The number of phenols is 2. The van der Waals surface area contributed by atoms with Gasteiger partial charge in [0.2, 0.25) is 23.3 Å². The van der Waals surface area contributed by atoms with Crippen LogP contribution in [0.4, 0.5) is 46.5 Å². The zero-order chi connectivity index (χ0) is 46.4. The van der Waals surface area contributed by atoms with Crippen LogP contribution in [0.1, 0.15) is 98.3 Å². The molecule has 0 amide bonds. The quantitative estimate of drug-likeness (QED) is 0.0487. The third kappa shape index (κ3) is 13.2. The molecule has 338 valence electrons. The Hall–Kier alpha value is -3.79. The van der Waals surface area contributed by atoms with Crippen LogP contribution in [-0.4, -0.2) is 35.9 Å². The summed E-state index contributed by atoms with van der Waals surface area (Å²) in [6.07, 6.45) is 14.1. The number of aliphatic imine (C=N–C) groups is 2. The van der Waals surface area contributed by atoms with E-state index < -0.39 is 86.4 Å². The van der Waals surface area contributed by atoms with E-state index in [0.29, 0.717) is 21.2 Å². The number of aromatic hydroxyl groups is 2. The fourth-order valence-electron chi connectivity index (χ4n) is 7.16. The summed E-state index contributed by atoms with van der Waals surface area (Å²) in [4.78, 5) is 7.11. The average molecular weight is 1000 g/mol. The first-order valence-corrected chi connectivity index (χ1v) is 24.4. The second-order valence-electron chi connectivity index (χ2n) is 14.2. The van der Waals surface area contributed by atoms with Gasteiger partial charge >= 0.3 is 35.6 Å². The first-order valence-electron chi connectivity index (χ1n) is 19.4. The van der Waals surface area contributed by atoms with E-state index in [1.807, 2.05) is 0 Å². The van der Waals surface area contributed by atoms with Crippen molar-refractivity contribution in [2.45, 2.75) is 76.0 Å². The Labute approximate surface area is 385 Å². The van der Waals surface area contributed by atoms with Gasteiger partial charge in [0.05, 0.1) is 0 Å². The second-order valence-corrected chi connectivity index (χ2v) is 17.6. The Morgan fingerprint density at radius 3 is 1.14 bits per heavy atom. The van der Waals surface area contributed by atoms with Crippen LogP contribution in [0.5, 0.6) is 23.0 Å². The van der Waals surface area contributed by atoms with Crippen molar-refractivity contribution in [1.82, 2.24) is 0 Å². The summed E-state index contributed by atoms with van der Waals surface area (Å²) >= 11 is 11.7. The summed E-state index contributed by atoms with van der Waals surface area (Å²) in [6.45, 7) is 5.93. The van der Waals surface area contributed by atoms with Crippen molar-refractivity contribution in [2.24, 2.45) is 9.98 Å². The van der Waals surface area contributed by atoms with Crippen LogP contribution in [0.3, 0.4) is 0 Å². The Bertz CT molecular complexity index is 2110. The van der Waals surface area contributed by atoms with Gasteiger partial charge in [0.25, 0.3) is 0 Å². The van der Waals surface area contributed by atoms with Crippen molar-refractivity contribution in [3.8, 4) is 23.0 Å². The molecule has 19 heteroatoms. The van der Waals surface area contributed by atoms with Crippen molar-refractivity contribution < 1.29 is 71.8 Å². The number of phenolic OH excluding ortho intramolecular Hbond substituents is 2. The third-order valence-corrected chi connectivity index (χ3v) is 10.6. The predicted octanol–water partition coefficient (Wildman–Crippen LogP) is 15.3. The summed E-state index contributed by atoms with van der Waals surface area (Å²) < 4.78 is 123. The molecule has 2 fully saturated rings. The minimum absolute atomic E-state index is 0.0923. The van der Waals surface area contributed by atoms with Gasteiger partial charge < -0.3 is 19.7 Å². The minimum atomic E-state index is -1.71. The second kappa shape index (κ2) is 25.1. The number of benzene rings is 4. The summed E-state index contributed by atoms with van der Waals surface area (Å²) in [5.74, 6) is -16.1. The summed E-state index contributed by atoms with van der Waals surface area (Å²) in [6, 6.07) is 6.01. The van der Waals surface area contributed by atoms with E-state index in [0.717, 1.165) is 76.6 Å². The molecule has 0 heterocycles. The van der Waals surface area contributed by atoms with Gasteiger partial charge in [-0.05, 0) is 72.9 Å². The molecule has 0 bridgehead atoms. The molecular formula is C44H40Cl4F8N2O4Ti. The molecule has 0 radical (unpaired) electrons. The van der Waals surface area contributed by atoms with E-state index in [-0.39, 0.29) is 47.7 Å². The van der Waals surface area contributed by atoms with Crippen LogP contribution in [0.15, 0.2) is 59.6 Å². The zero-order valence-electron chi connectivity index (χ0n) is 33.3. The van der Waals surface area contributed by atoms with Gasteiger partial charge in [0.15, 0.2) is 34.8 Å². The number of hydrogen-bond acceptors (Lipinski definition) is 6. The van der Waals surface area contributed by atoms with Crippen molar-refractivity contribution in [2.75, 3.05) is 13.2 Å². The van der Waals surface area contributed by atoms with Gasteiger partial charge in [0.1, 0.15) is 36.1 Å². The number of hydrogen-bond donors (Lipinski definition) is 2. The van der Waals surface area contributed by atoms with Crippen molar-refractivity contribution in [3.05, 3.63) is 128 Å². The summed E-state index contributed by atoms with van der Waals surface area (Å²) in [7, 11) is 9.78. The molecule has 4 aromatic rings. The number of nitrogens with zero attached hydrogens (tertiary/aromatic N) is 2. The van der Waals surface area contributed by atoms with Crippen LogP contribution < -0.4 is 9.47 Å². The van der Waals surface area contributed by atoms with E-state index in [4.69, 9.17) is 41.8 Å². The molecule has 0 aliphatic heterocycles. The topological polar surface area (TPSA) is 83.6 Å². The molecular weight excluding hydrogens is 962 g/mol. The first kappa shape index (κ1) is 51.8. The van der Waals surface area contributed by atoms with Crippen LogP contribution in [-0.2, 0) is 17.0 Å². The van der Waals surface area contributed by atoms with Crippen LogP contribution in [0.2, 0.25) is 10.0 Å². The maximum absolute atomic E-state index is 14.3. The van der Waals surface area contributed by atoms with Crippen molar-refractivity contribution in [1.29, 1.82) is 0 Å². The van der Waals surface area contributed by atoms with E-state index in [9.17, 15) is 45.3 Å². The number of halogens is 12. The fourth-order valence-corrected chi connectivity index (χ4v) is 7.63. The summed E-state index contributed by atoms with van der Waals surface area (Å²) in [5.41, 5.74) is -0.918. The van der Waals surface area contributed by atoms with Gasteiger partial charge in [0, 0.05) is 33.6 Å². The van der Waals surface area contributed by atoms with E-state index in [1.165, 1.54) is 24.3 Å². The molecule has 2 aliphatic rings. The zero-order valence-corrected chi connectivity index (χ0v) is 37.9. The van der Waals surface area contributed by atoms with Gasteiger partial charge in [-0.2, -0.15) is 17.6 Å². The molecule has 0 atom stereocenters. The molecule has 2 aliphatic carbocycles. The summed E-state index contributed by atoms with van der Waals surface area (Å²) in [5, 5.41) is 21.8. The van der Waals surface area contributed by atoms with Crippen molar-refractivity contribution >= 4 is 65.6 Å². The van der Waals surface area contributed by atoms with Crippen LogP contribution >= 0.6 is 41.8 Å². The molecule has 0 aromatic heterocycles. The fraction of sp³-hybridized carbons (Fsp3) is 0.318. The SMILES string of the molecule is C=CCOc1c(F)c(F)c(N=Cc2cc(Cl)cc(C3CCCCC3)c2O)c(F)c1F.C=CCOc1c(F)c(F)c(N=Cc2cc(Cl)cc(C3CCCCC3)c2O)c(F)c1F.[Cl][Ti][Cl]. The van der Waals surface area contributed by atoms with E-state index in [1.54, 1.807) is 12.1 Å². The number of rotatable bonds is 12. The molecule has 2 saturated carbocycles. The molecule has 4 aromatic carbocycles. The van der Waals surface area contributed by atoms with Crippen molar-refractivity contribution in [3.63, 3.8) is 0 Å². The van der Waals surface area contributed by atoms with E-state index >= 15 is 0 Å². The van der Waals surface area contributed by atoms with Crippen LogP contribution in [0.25, 0.3) is 0 Å². The molecule has 63 heavy (non-hydrogen) atoms. The monoisotopic (exact) mass is 1000 g/mol. The van der Waals surface area contributed by atoms with Gasteiger partial charge in [-0.15, -0.1) is 0 Å². The standard InChI is InChI=1S/2C22H20ClF4NO2.2ClH.Ti/c2*1-2-8-30-22-18(26)16(24)20(17(25)19(22)27)28-11-13-9-14(23)10-15(21(13)29)12-6-4-3-5-7-12;;;/h2*2,9-12,29H,1,3-8H2;2*1H;/q;;;;+2/p-2. The molecule has 0 saturated heterocycles. The molecule has 0 spiro atoms. The predicted molar refractivity (Wildman–Crippen MR) is 228 cm³/mol. The molecule has 0 unspecified atom stereocenters. The first-order chi connectivity index (χ1) is 30.1. The van der Waals surface area contributed by atoms with E-state index in [2.05, 4.69) is 32.6 Å². The average Bonchev–Trinajstić information content (AvgIpc) is 3.28. The van der Waals surface area contributed by atoms with Crippen LogP contribution in [0, 0.1) is 46.5 Å². The van der Waals surface area contributed by atoms with Gasteiger partial charge in [-0.25, -0.2) is 27.5 Å². The molecule has 2 N–H and O–H groups in total. The Morgan fingerprint density at radius 2 is 0.857 bits per heavy atom.